The number of carbonyl (C=O) groups excluding carboxylic acids is 2. The Morgan fingerprint density at radius 2 is 1.72 bits per heavy atom. The Morgan fingerprint density at radius 1 is 1.00 bits per heavy atom. The van der Waals surface area contributed by atoms with Crippen molar-refractivity contribution in [1.82, 2.24) is 0 Å². The summed E-state index contributed by atoms with van der Waals surface area (Å²) < 4.78 is 10.7. The molecule has 1 N–H and O–H groups in total. The molecule has 0 aliphatic heterocycles. The number of benzene rings is 2. The van der Waals surface area contributed by atoms with Crippen LogP contribution in [0.5, 0.6) is 11.5 Å². The smallest absolute Gasteiger partial charge is 0.224 e. The fraction of sp³-hybridized carbons (Fsp3) is 0.300. The van der Waals surface area contributed by atoms with Gasteiger partial charge in [0, 0.05) is 24.1 Å². The van der Waals surface area contributed by atoms with E-state index in [1.54, 1.807) is 55.6 Å². The number of amides is 1. The van der Waals surface area contributed by atoms with Crippen molar-refractivity contribution >= 4 is 17.4 Å². The number of carbonyl (C=O) groups is 2. The maximum Gasteiger partial charge on any atom is 0.224 e. The minimum Gasteiger partial charge on any atom is -0.497 e. The number of anilines is 1. The Hall–Kier alpha value is -2.82. The number of methoxy groups -OCH3 is 1. The van der Waals surface area contributed by atoms with Crippen LogP contribution >= 0.6 is 0 Å². The van der Waals surface area contributed by atoms with Crippen molar-refractivity contribution in [2.24, 2.45) is 0 Å². The van der Waals surface area contributed by atoms with Gasteiger partial charge in [-0.05, 0) is 50.2 Å². The van der Waals surface area contributed by atoms with Gasteiger partial charge >= 0.3 is 0 Å². The quantitative estimate of drug-likeness (QED) is 0.735. The number of hydrogen-bond acceptors (Lipinski definition) is 4. The molecule has 5 heteroatoms. The summed E-state index contributed by atoms with van der Waals surface area (Å²) in [6, 6.07) is 14.1. The van der Waals surface area contributed by atoms with E-state index >= 15 is 0 Å². The van der Waals surface area contributed by atoms with Gasteiger partial charge in [0.1, 0.15) is 11.5 Å². The van der Waals surface area contributed by atoms with E-state index in [4.69, 9.17) is 9.47 Å². The molecule has 25 heavy (non-hydrogen) atoms. The molecular formula is C20H23NO4. The van der Waals surface area contributed by atoms with Crippen LogP contribution in [0, 0.1) is 0 Å². The van der Waals surface area contributed by atoms with E-state index in [0.717, 1.165) is 5.75 Å². The van der Waals surface area contributed by atoms with Crippen molar-refractivity contribution in [3.05, 3.63) is 54.1 Å². The third-order valence-corrected chi connectivity index (χ3v) is 3.48. The summed E-state index contributed by atoms with van der Waals surface area (Å²) in [6.45, 7) is 3.91. The maximum atomic E-state index is 12.2. The van der Waals surface area contributed by atoms with Crippen LogP contribution in [0.25, 0.3) is 0 Å². The van der Waals surface area contributed by atoms with Gasteiger partial charge in [0.25, 0.3) is 0 Å². The molecule has 0 aliphatic carbocycles. The zero-order valence-electron chi connectivity index (χ0n) is 14.7. The minimum atomic E-state index is -0.200. The lowest BCUT2D eigenvalue weighted by Crippen LogP contribution is -2.13. The fourth-order valence-electron chi connectivity index (χ4n) is 2.28. The zero-order chi connectivity index (χ0) is 18.2. The Bertz CT molecular complexity index is 723. The molecular weight excluding hydrogens is 318 g/mol. The molecule has 2 rings (SSSR count). The standard InChI is InChI=1S/C20H23NO4/c1-14(2)25-17-9-7-16(8-10-17)21-20(23)12-11-19(22)15-5-4-6-18(13-15)24-3/h4-10,13-14H,11-12H2,1-3H3,(H,21,23). The van der Waals surface area contributed by atoms with Gasteiger partial charge in [-0.2, -0.15) is 0 Å². The normalized spacial score (nSPS) is 10.4. The number of nitrogens with one attached hydrogen (secondary N) is 1. The second kappa shape index (κ2) is 8.87. The predicted molar refractivity (Wildman–Crippen MR) is 97.4 cm³/mol. The summed E-state index contributed by atoms with van der Waals surface area (Å²) in [4.78, 5) is 24.2. The molecule has 0 heterocycles. The van der Waals surface area contributed by atoms with Gasteiger partial charge < -0.3 is 14.8 Å². The van der Waals surface area contributed by atoms with E-state index in [1.807, 2.05) is 13.8 Å². The summed E-state index contributed by atoms with van der Waals surface area (Å²) in [5.41, 5.74) is 1.22. The molecule has 0 bridgehead atoms. The SMILES string of the molecule is COc1cccc(C(=O)CCC(=O)Nc2ccc(OC(C)C)cc2)c1. The van der Waals surface area contributed by atoms with Crippen LogP contribution in [0.1, 0.15) is 37.0 Å². The lowest BCUT2D eigenvalue weighted by Gasteiger charge is -2.10. The Labute approximate surface area is 148 Å². The molecule has 0 saturated carbocycles. The summed E-state index contributed by atoms with van der Waals surface area (Å²) >= 11 is 0. The van der Waals surface area contributed by atoms with Crippen LogP contribution in [0.2, 0.25) is 0 Å². The molecule has 0 radical (unpaired) electrons. The van der Waals surface area contributed by atoms with Crippen molar-refractivity contribution in [3.63, 3.8) is 0 Å². The first-order chi connectivity index (χ1) is 12.0. The fourth-order valence-corrected chi connectivity index (χ4v) is 2.28. The first-order valence-electron chi connectivity index (χ1n) is 8.21. The molecule has 5 nitrogen and oxygen atoms in total. The van der Waals surface area contributed by atoms with E-state index in [-0.39, 0.29) is 30.6 Å². The van der Waals surface area contributed by atoms with Crippen LogP contribution in [0.15, 0.2) is 48.5 Å². The molecule has 2 aromatic carbocycles. The van der Waals surface area contributed by atoms with E-state index in [0.29, 0.717) is 17.0 Å². The van der Waals surface area contributed by atoms with Crippen molar-refractivity contribution in [1.29, 1.82) is 0 Å². The highest BCUT2D eigenvalue weighted by molar-refractivity contribution is 6.00. The summed E-state index contributed by atoms with van der Waals surface area (Å²) in [5.74, 6) is 1.09. The molecule has 0 aromatic heterocycles. The van der Waals surface area contributed by atoms with Crippen molar-refractivity contribution in [2.75, 3.05) is 12.4 Å². The van der Waals surface area contributed by atoms with Crippen LogP contribution < -0.4 is 14.8 Å². The molecule has 132 valence electrons. The number of hydrogen-bond donors (Lipinski definition) is 1. The largest absolute Gasteiger partial charge is 0.497 e. The molecule has 1 amide bonds. The Balaban J connectivity index is 1.84. The van der Waals surface area contributed by atoms with Crippen LogP contribution in [-0.2, 0) is 4.79 Å². The molecule has 0 fully saturated rings. The van der Waals surface area contributed by atoms with E-state index in [2.05, 4.69) is 5.32 Å². The number of ether oxygens (including phenoxy) is 2. The van der Waals surface area contributed by atoms with Crippen molar-refractivity contribution < 1.29 is 19.1 Å². The number of Topliss-reactive ketones (excluding diaryl/α,β-unsaturated/α-hetero) is 1. The third kappa shape index (κ3) is 5.95. The first kappa shape index (κ1) is 18.5. The first-order valence-corrected chi connectivity index (χ1v) is 8.21. The van der Waals surface area contributed by atoms with Crippen molar-refractivity contribution in [2.45, 2.75) is 32.8 Å². The third-order valence-electron chi connectivity index (χ3n) is 3.48. The zero-order valence-corrected chi connectivity index (χ0v) is 14.7. The lowest BCUT2D eigenvalue weighted by atomic mass is 10.1. The van der Waals surface area contributed by atoms with E-state index < -0.39 is 0 Å². The molecule has 0 unspecified atom stereocenters. The van der Waals surface area contributed by atoms with E-state index in [1.165, 1.54) is 0 Å². The molecule has 0 atom stereocenters. The van der Waals surface area contributed by atoms with Crippen LogP contribution in [-0.4, -0.2) is 24.9 Å². The van der Waals surface area contributed by atoms with Gasteiger partial charge in [-0.25, -0.2) is 0 Å². The monoisotopic (exact) mass is 341 g/mol. The highest BCUT2D eigenvalue weighted by atomic mass is 16.5. The topological polar surface area (TPSA) is 64.6 Å². The second-order valence-corrected chi connectivity index (χ2v) is 5.89. The van der Waals surface area contributed by atoms with Gasteiger partial charge in [0.15, 0.2) is 5.78 Å². The summed E-state index contributed by atoms with van der Waals surface area (Å²) in [6.07, 6.45) is 0.372. The molecule has 0 spiro atoms. The van der Waals surface area contributed by atoms with Crippen LogP contribution in [0.3, 0.4) is 0 Å². The highest BCUT2D eigenvalue weighted by Crippen LogP contribution is 2.18. The molecule has 0 aliphatic rings. The summed E-state index contributed by atoms with van der Waals surface area (Å²) in [5, 5.41) is 2.78. The van der Waals surface area contributed by atoms with Gasteiger partial charge in [-0.1, -0.05) is 12.1 Å². The predicted octanol–water partition coefficient (Wildman–Crippen LogP) is 4.08. The van der Waals surface area contributed by atoms with Crippen LogP contribution in [0.4, 0.5) is 5.69 Å². The number of rotatable bonds is 8. The summed E-state index contributed by atoms with van der Waals surface area (Å²) in [7, 11) is 1.55. The van der Waals surface area contributed by atoms with Gasteiger partial charge in [0.2, 0.25) is 5.91 Å². The average molecular weight is 341 g/mol. The second-order valence-electron chi connectivity index (χ2n) is 5.89. The highest BCUT2D eigenvalue weighted by Gasteiger charge is 2.10. The van der Waals surface area contributed by atoms with Gasteiger partial charge in [-0.15, -0.1) is 0 Å². The van der Waals surface area contributed by atoms with Gasteiger partial charge in [-0.3, -0.25) is 9.59 Å². The maximum absolute atomic E-state index is 12.2. The molecule has 2 aromatic rings. The van der Waals surface area contributed by atoms with Gasteiger partial charge in [0.05, 0.1) is 13.2 Å². The Morgan fingerprint density at radius 3 is 2.36 bits per heavy atom. The number of ketones is 1. The minimum absolute atomic E-state index is 0.0882. The average Bonchev–Trinajstić information content (AvgIpc) is 2.61. The Kier molecular flexibility index (Phi) is 6.57. The lowest BCUT2D eigenvalue weighted by molar-refractivity contribution is -0.116. The molecule has 0 saturated heterocycles. The van der Waals surface area contributed by atoms with E-state index in [9.17, 15) is 9.59 Å². The van der Waals surface area contributed by atoms with Crippen molar-refractivity contribution in [3.8, 4) is 11.5 Å².